The monoisotopic (exact) mass is 559 g/mol. The number of hydrogen-bond donors (Lipinski definition) is 1. The molecule has 218 valence electrons. The van der Waals surface area contributed by atoms with E-state index in [1.165, 1.54) is 0 Å². The van der Waals surface area contributed by atoms with Crippen LogP contribution in [0.4, 0.5) is 4.79 Å². The maximum atomic E-state index is 13.4. The van der Waals surface area contributed by atoms with Gasteiger partial charge in [-0.3, -0.25) is 4.79 Å². The Morgan fingerprint density at radius 1 is 1.05 bits per heavy atom. The van der Waals surface area contributed by atoms with Gasteiger partial charge in [-0.1, -0.05) is 39.0 Å². The average Bonchev–Trinajstić information content (AvgIpc) is 2.81. The van der Waals surface area contributed by atoms with Crippen LogP contribution in [0.5, 0.6) is 0 Å². The summed E-state index contributed by atoms with van der Waals surface area (Å²) in [7, 11) is -2.11. The summed E-state index contributed by atoms with van der Waals surface area (Å²) in [5.41, 5.74) is 0.145. The Labute approximate surface area is 236 Å². The van der Waals surface area contributed by atoms with Crippen molar-refractivity contribution >= 4 is 26.2 Å². The van der Waals surface area contributed by atoms with Crippen LogP contribution in [0, 0.1) is 11.3 Å². The van der Waals surface area contributed by atoms with E-state index in [9.17, 15) is 14.4 Å². The molecule has 0 radical (unpaired) electrons. The molecule has 0 bridgehead atoms. The lowest BCUT2D eigenvalue weighted by Gasteiger charge is -2.46. The highest BCUT2D eigenvalue weighted by molar-refractivity contribution is 6.74. The number of nitrogens with one attached hydrogen (secondary N) is 1. The van der Waals surface area contributed by atoms with Gasteiger partial charge in [0, 0.05) is 24.3 Å². The van der Waals surface area contributed by atoms with Crippen LogP contribution in [0.15, 0.2) is 41.7 Å². The van der Waals surface area contributed by atoms with Crippen molar-refractivity contribution in [1.29, 1.82) is 0 Å². The number of ketones is 1. The molecule has 0 heterocycles. The summed E-state index contributed by atoms with van der Waals surface area (Å²) in [6.07, 6.45) is 1.92. The Bertz CT molecular complexity index is 1050. The van der Waals surface area contributed by atoms with Crippen molar-refractivity contribution < 1.29 is 28.3 Å². The highest BCUT2D eigenvalue weighted by Crippen LogP contribution is 2.50. The topological polar surface area (TPSA) is 90.9 Å². The van der Waals surface area contributed by atoms with Crippen LogP contribution in [0.3, 0.4) is 0 Å². The highest BCUT2D eigenvalue weighted by atomic mass is 28.4. The predicted octanol–water partition coefficient (Wildman–Crippen LogP) is 7.43. The lowest BCUT2D eigenvalue weighted by molar-refractivity contribution is -0.132. The van der Waals surface area contributed by atoms with E-state index in [0.29, 0.717) is 37.8 Å². The number of carbonyl (C=O) groups is 3. The molecule has 1 aliphatic carbocycles. The fraction of sp³-hybridized carbons (Fsp3) is 0.645. The van der Waals surface area contributed by atoms with Gasteiger partial charge < -0.3 is 19.2 Å². The van der Waals surface area contributed by atoms with Gasteiger partial charge in [-0.25, -0.2) is 9.59 Å². The molecule has 1 aromatic carbocycles. The Balaban J connectivity index is 2.32. The van der Waals surface area contributed by atoms with Gasteiger partial charge in [0.25, 0.3) is 0 Å². The molecule has 39 heavy (non-hydrogen) atoms. The minimum atomic E-state index is -2.11. The molecule has 0 aliphatic heterocycles. The van der Waals surface area contributed by atoms with Gasteiger partial charge in [-0.15, -0.1) is 0 Å². The van der Waals surface area contributed by atoms with Crippen LogP contribution in [-0.4, -0.2) is 44.9 Å². The molecule has 0 saturated carbocycles. The summed E-state index contributed by atoms with van der Waals surface area (Å²) >= 11 is 0. The number of allylic oxidation sites excluding steroid dienone is 1. The smallest absolute Gasteiger partial charge is 0.407 e. The maximum absolute atomic E-state index is 13.4. The van der Waals surface area contributed by atoms with E-state index in [0.717, 1.165) is 11.3 Å². The third kappa shape index (κ3) is 8.69. The molecule has 1 aliphatic rings. The minimum Gasteiger partial charge on any atom is -0.547 e. The number of rotatable bonds is 10. The average molecular weight is 560 g/mol. The number of hydrogen-bond acceptors (Lipinski definition) is 6. The summed E-state index contributed by atoms with van der Waals surface area (Å²) in [5, 5.41) is 2.83. The van der Waals surface area contributed by atoms with Gasteiger partial charge in [0.15, 0.2) is 0 Å². The standard InChI is InChI=1S/C31H49NO6Si/c1-22-25(21-36-27(34)24-15-12-11-13-16-24)31(23(2)33,18-14-20-32-28(35)37-29(3,4)5)19-17-26(22)38-39(9,10)30(6,7)8/h11-13,15-16,25H,14,17-21H2,1-10H3,(H,32,35)/t25-,31+/m0/s1. The molecular formula is C31H49NO6Si. The van der Waals surface area contributed by atoms with Gasteiger partial charge in [0.2, 0.25) is 8.32 Å². The third-order valence-electron chi connectivity index (χ3n) is 8.17. The first-order valence-corrected chi connectivity index (χ1v) is 16.9. The Kier molecular flexibility index (Phi) is 10.6. The summed E-state index contributed by atoms with van der Waals surface area (Å²) in [6.45, 7) is 20.6. The van der Waals surface area contributed by atoms with E-state index in [1.54, 1.807) is 31.2 Å². The molecule has 0 aromatic heterocycles. The van der Waals surface area contributed by atoms with Gasteiger partial charge in [0.1, 0.15) is 11.4 Å². The highest BCUT2D eigenvalue weighted by Gasteiger charge is 2.49. The molecule has 0 unspecified atom stereocenters. The van der Waals surface area contributed by atoms with Crippen LogP contribution in [0.25, 0.3) is 0 Å². The molecule has 2 rings (SSSR count). The van der Waals surface area contributed by atoms with E-state index in [2.05, 4.69) is 39.2 Å². The molecule has 0 spiro atoms. The number of amides is 1. The largest absolute Gasteiger partial charge is 0.547 e. The Morgan fingerprint density at radius 3 is 2.21 bits per heavy atom. The summed E-state index contributed by atoms with van der Waals surface area (Å²) < 4.78 is 17.9. The summed E-state index contributed by atoms with van der Waals surface area (Å²) in [5.74, 6) is 0.250. The molecule has 1 amide bonds. The lowest BCUT2D eigenvalue weighted by Crippen LogP contribution is -2.46. The Hall–Kier alpha value is -2.61. The first kappa shape index (κ1) is 32.6. The fourth-order valence-electron chi connectivity index (χ4n) is 4.82. The van der Waals surface area contributed by atoms with Crippen molar-refractivity contribution in [3.05, 3.63) is 47.2 Å². The molecule has 0 fully saturated rings. The maximum Gasteiger partial charge on any atom is 0.407 e. The van der Waals surface area contributed by atoms with E-state index >= 15 is 0 Å². The predicted molar refractivity (Wildman–Crippen MR) is 157 cm³/mol. The van der Waals surface area contributed by atoms with Crippen molar-refractivity contribution in [2.45, 2.75) is 105 Å². The third-order valence-corrected chi connectivity index (χ3v) is 12.5. The second kappa shape index (κ2) is 12.7. The molecule has 7 nitrogen and oxygen atoms in total. The van der Waals surface area contributed by atoms with Crippen molar-refractivity contribution in [3.63, 3.8) is 0 Å². The van der Waals surface area contributed by atoms with E-state index in [-0.39, 0.29) is 23.3 Å². The van der Waals surface area contributed by atoms with Crippen LogP contribution in [0.1, 0.15) is 91.4 Å². The van der Waals surface area contributed by atoms with Crippen LogP contribution in [-0.2, 0) is 18.7 Å². The molecule has 2 atom stereocenters. The fourth-order valence-corrected chi connectivity index (χ4v) is 6.00. The van der Waals surface area contributed by atoms with Crippen LogP contribution in [0.2, 0.25) is 18.1 Å². The molecule has 8 heteroatoms. The number of ether oxygens (including phenoxy) is 2. The lowest BCUT2D eigenvalue weighted by atomic mass is 9.61. The molecule has 0 saturated heterocycles. The quantitative estimate of drug-likeness (QED) is 0.182. The zero-order valence-electron chi connectivity index (χ0n) is 25.7. The van der Waals surface area contributed by atoms with Gasteiger partial charge >= 0.3 is 12.1 Å². The minimum absolute atomic E-state index is 0.0258. The molecule has 1 N–H and O–H groups in total. The van der Waals surface area contributed by atoms with E-state index in [4.69, 9.17) is 13.9 Å². The van der Waals surface area contributed by atoms with Crippen LogP contribution >= 0.6 is 0 Å². The van der Waals surface area contributed by atoms with Crippen molar-refractivity contribution in [2.75, 3.05) is 13.2 Å². The van der Waals surface area contributed by atoms with Gasteiger partial charge in [0.05, 0.1) is 17.9 Å². The van der Waals surface area contributed by atoms with E-state index < -0.39 is 31.4 Å². The zero-order valence-corrected chi connectivity index (χ0v) is 26.7. The number of alkyl carbamates (subject to hydrolysis) is 1. The zero-order chi connectivity index (χ0) is 29.6. The second-order valence-corrected chi connectivity index (χ2v) is 18.0. The number of benzene rings is 1. The second-order valence-electron chi connectivity index (χ2n) is 13.2. The van der Waals surface area contributed by atoms with Crippen molar-refractivity contribution in [3.8, 4) is 0 Å². The molecular weight excluding hydrogens is 510 g/mol. The number of carbonyl (C=O) groups excluding carboxylic acids is 3. The SMILES string of the molecule is CC(=O)[C@@]1(CCCNC(=O)OC(C)(C)C)CCC(O[Si](C)(C)C(C)(C)C)=C(C)[C@@H]1COC(=O)c1ccccc1. The molecule has 1 aromatic rings. The van der Waals surface area contributed by atoms with Crippen molar-refractivity contribution in [2.24, 2.45) is 11.3 Å². The number of Topliss-reactive ketones (excluding diaryl/α,β-unsaturated/α-hetero) is 1. The normalized spacial score (nSPS) is 20.3. The summed E-state index contributed by atoms with van der Waals surface area (Å²) in [6, 6.07) is 8.88. The number of esters is 1. The van der Waals surface area contributed by atoms with Crippen LogP contribution < -0.4 is 5.32 Å². The Morgan fingerprint density at radius 2 is 1.67 bits per heavy atom. The van der Waals surface area contributed by atoms with Gasteiger partial charge in [-0.05, 0) is 89.7 Å². The van der Waals surface area contributed by atoms with E-state index in [1.807, 2.05) is 33.8 Å². The van der Waals surface area contributed by atoms with Crippen molar-refractivity contribution in [1.82, 2.24) is 5.32 Å². The van der Waals surface area contributed by atoms with Gasteiger partial charge in [-0.2, -0.15) is 0 Å². The first-order valence-electron chi connectivity index (χ1n) is 14.0. The summed E-state index contributed by atoms with van der Waals surface area (Å²) in [4.78, 5) is 38.3. The first-order chi connectivity index (χ1) is 17.9.